The molecular formula is C15H31O2. The SMILES string of the molecule is [CH2]COCCOCCCCCCCCCCC. The monoisotopic (exact) mass is 243 g/mol. The molecule has 0 aromatic carbocycles. The molecule has 0 rings (SSSR count). The topological polar surface area (TPSA) is 18.5 Å². The first-order valence-corrected chi connectivity index (χ1v) is 7.36. The first kappa shape index (κ1) is 16.9. The molecular weight excluding hydrogens is 212 g/mol. The lowest BCUT2D eigenvalue weighted by Crippen LogP contribution is -2.04. The minimum atomic E-state index is 0.543. The van der Waals surface area contributed by atoms with Crippen molar-refractivity contribution in [2.45, 2.75) is 64.7 Å². The molecule has 0 heterocycles. The molecule has 0 amide bonds. The lowest BCUT2D eigenvalue weighted by molar-refractivity contribution is 0.0561. The van der Waals surface area contributed by atoms with E-state index in [0.717, 1.165) is 6.61 Å². The summed E-state index contributed by atoms with van der Waals surface area (Å²) in [7, 11) is 0. The third-order valence-electron chi connectivity index (χ3n) is 2.91. The fourth-order valence-electron chi connectivity index (χ4n) is 1.84. The minimum Gasteiger partial charge on any atom is -0.379 e. The molecule has 17 heavy (non-hydrogen) atoms. The number of ether oxygens (including phenoxy) is 2. The Bertz CT molecular complexity index is 112. The zero-order chi connectivity index (χ0) is 12.6. The molecule has 0 bridgehead atoms. The highest BCUT2D eigenvalue weighted by Crippen LogP contribution is 2.09. The van der Waals surface area contributed by atoms with E-state index in [1.54, 1.807) is 0 Å². The van der Waals surface area contributed by atoms with Crippen LogP contribution in [-0.4, -0.2) is 26.4 Å². The van der Waals surface area contributed by atoms with Gasteiger partial charge < -0.3 is 9.47 Å². The van der Waals surface area contributed by atoms with Crippen LogP contribution in [-0.2, 0) is 9.47 Å². The third-order valence-corrected chi connectivity index (χ3v) is 2.91. The normalized spacial score (nSPS) is 10.9. The smallest absolute Gasteiger partial charge is 0.0700 e. The Balaban J connectivity index is 2.85. The maximum atomic E-state index is 5.44. The molecule has 0 aromatic heterocycles. The van der Waals surface area contributed by atoms with Gasteiger partial charge in [0.15, 0.2) is 0 Å². The molecule has 0 unspecified atom stereocenters. The van der Waals surface area contributed by atoms with E-state index in [1.807, 2.05) is 0 Å². The molecule has 0 N–H and O–H groups in total. The summed E-state index contributed by atoms with van der Waals surface area (Å²) in [5.41, 5.74) is 0. The van der Waals surface area contributed by atoms with Crippen LogP contribution < -0.4 is 0 Å². The Kier molecular flexibility index (Phi) is 15.8. The van der Waals surface area contributed by atoms with Crippen LogP contribution in [0.25, 0.3) is 0 Å². The van der Waals surface area contributed by atoms with Crippen molar-refractivity contribution < 1.29 is 9.47 Å². The van der Waals surface area contributed by atoms with E-state index in [9.17, 15) is 0 Å². The molecule has 0 fully saturated rings. The Hall–Kier alpha value is -0.0800. The van der Waals surface area contributed by atoms with Gasteiger partial charge >= 0.3 is 0 Å². The summed E-state index contributed by atoms with van der Waals surface area (Å²) < 4.78 is 10.5. The molecule has 0 saturated heterocycles. The van der Waals surface area contributed by atoms with Gasteiger partial charge in [0.05, 0.1) is 13.2 Å². The van der Waals surface area contributed by atoms with Crippen molar-refractivity contribution in [2.24, 2.45) is 0 Å². The van der Waals surface area contributed by atoms with Crippen LogP contribution in [0.4, 0.5) is 0 Å². The van der Waals surface area contributed by atoms with Gasteiger partial charge in [-0.25, -0.2) is 0 Å². The number of rotatable bonds is 14. The van der Waals surface area contributed by atoms with E-state index in [4.69, 9.17) is 9.47 Å². The second kappa shape index (κ2) is 15.9. The van der Waals surface area contributed by atoms with Crippen molar-refractivity contribution in [1.29, 1.82) is 0 Å². The van der Waals surface area contributed by atoms with E-state index in [0.29, 0.717) is 19.8 Å². The van der Waals surface area contributed by atoms with Gasteiger partial charge in [-0.1, -0.05) is 58.3 Å². The quantitative estimate of drug-likeness (QED) is 0.421. The van der Waals surface area contributed by atoms with Crippen LogP contribution in [0.3, 0.4) is 0 Å². The molecule has 2 nitrogen and oxygen atoms in total. The van der Waals surface area contributed by atoms with Gasteiger partial charge in [-0.05, 0) is 13.3 Å². The van der Waals surface area contributed by atoms with Crippen molar-refractivity contribution in [1.82, 2.24) is 0 Å². The molecule has 0 aliphatic carbocycles. The van der Waals surface area contributed by atoms with Gasteiger partial charge in [-0.3, -0.25) is 0 Å². The summed E-state index contributed by atoms with van der Waals surface area (Å²) in [5, 5.41) is 0. The van der Waals surface area contributed by atoms with E-state index < -0.39 is 0 Å². The maximum absolute atomic E-state index is 5.44. The van der Waals surface area contributed by atoms with Crippen LogP contribution in [0.1, 0.15) is 64.7 Å². The van der Waals surface area contributed by atoms with Crippen molar-refractivity contribution in [3.8, 4) is 0 Å². The van der Waals surface area contributed by atoms with Crippen LogP contribution >= 0.6 is 0 Å². The average molecular weight is 243 g/mol. The molecule has 0 aromatic rings. The van der Waals surface area contributed by atoms with E-state index in [-0.39, 0.29) is 0 Å². The molecule has 0 atom stereocenters. The molecule has 0 spiro atoms. The Morgan fingerprint density at radius 2 is 1.18 bits per heavy atom. The summed E-state index contributed by atoms with van der Waals surface area (Å²) in [6.07, 6.45) is 12.3. The zero-order valence-electron chi connectivity index (χ0n) is 11.7. The van der Waals surface area contributed by atoms with Crippen molar-refractivity contribution in [2.75, 3.05) is 26.4 Å². The fraction of sp³-hybridized carbons (Fsp3) is 0.933. The first-order valence-electron chi connectivity index (χ1n) is 7.36. The predicted octanol–water partition coefficient (Wildman–Crippen LogP) is 4.38. The molecule has 0 saturated carbocycles. The van der Waals surface area contributed by atoms with Crippen molar-refractivity contribution >= 4 is 0 Å². The van der Waals surface area contributed by atoms with E-state index in [2.05, 4.69) is 13.8 Å². The fourth-order valence-corrected chi connectivity index (χ4v) is 1.84. The van der Waals surface area contributed by atoms with Crippen molar-refractivity contribution in [3.05, 3.63) is 6.92 Å². The van der Waals surface area contributed by atoms with E-state index >= 15 is 0 Å². The number of unbranched alkanes of at least 4 members (excludes halogenated alkanes) is 8. The van der Waals surface area contributed by atoms with E-state index in [1.165, 1.54) is 57.8 Å². The average Bonchev–Trinajstić information content (AvgIpc) is 2.35. The van der Waals surface area contributed by atoms with Crippen LogP contribution in [0.5, 0.6) is 0 Å². The third kappa shape index (κ3) is 15.9. The molecule has 0 aliphatic rings. The van der Waals surface area contributed by atoms with Crippen LogP contribution in [0.15, 0.2) is 0 Å². The highest BCUT2D eigenvalue weighted by atomic mass is 16.5. The van der Waals surface area contributed by atoms with Crippen molar-refractivity contribution in [3.63, 3.8) is 0 Å². The predicted molar refractivity (Wildman–Crippen MR) is 74.2 cm³/mol. The maximum Gasteiger partial charge on any atom is 0.0700 e. The number of hydrogen-bond acceptors (Lipinski definition) is 2. The minimum absolute atomic E-state index is 0.543. The summed E-state index contributed by atoms with van der Waals surface area (Å²) in [5.74, 6) is 0. The van der Waals surface area contributed by atoms with Gasteiger partial charge in [-0.15, -0.1) is 0 Å². The number of hydrogen-bond donors (Lipinski definition) is 0. The highest BCUT2D eigenvalue weighted by molar-refractivity contribution is 4.46. The molecule has 2 heteroatoms. The lowest BCUT2D eigenvalue weighted by atomic mass is 10.1. The van der Waals surface area contributed by atoms with Crippen LogP contribution in [0, 0.1) is 6.92 Å². The zero-order valence-corrected chi connectivity index (χ0v) is 11.7. The Morgan fingerprint density at radius 3 is 1.76 bits per heavy atom. The Labute approximate surface area is 108 Å². The second-order valence-corrected chi connectivity index (χ2v) is 4.55. The van der Waals surface area contributed by atoms with Crippen LogP contribution in [0.2, 0.25) is 0 Å². The van der Waals surface area contributed by atoms with Gasteiger partial charge in [0.2, 0.25) is 0 Å². The molecule has 0 aliphatic heterocycles. The summed E-state index contributed by atoms with van der Waals surface area (Å²) in [6, 6.07) is 0. The largest absolute Gasteiger partial charge is 0.379 e. The summed E-state index contributed by atoms with van der Waals surface area (Å²) in [4.78, 5) is 0. The molecule has 103 valence electrons. The first-order chi connectivity index (χ1) is 8.41. The van der Waals surface area contributed by atoms with Gasteiger partial charge in [0, 0.05) is 13.2 Å². The van der Waals surface area contributed by atoms with Gasteiger partial charge in [-0.2, -0.15) is 0 Å². The standard InChI is InChI=1S/C15H31O2/c1-3-5-6-7-8-9-10-11-12-13-17-15-14-16-4-2/h2-15H2,1H3. The lowest BCUT2D eigenvalue weighted by Gasteiger charge is -2.04. The molecule has 1 radical (unpaired) electrons. The van der Waals surface area contributed by atoms with Gasteiger partial charge in [0.25, 0.3) is 0 Å². The summed E-state index contributed by atoms with van der Waals surface area (Å²) in [6.45, 7) is 8.69. The Morgan fingerprint density at radius 1 is 0.647 bits per heavy atom. The highest BCUT2D eigenvalue weighted by Gasteiger charge is 1.92. The second-order valence-electron chi connectivity index (χ2n) is 4.55. The summed E-state index contributed by atoms with van der Waals surface area (Å²) >= 11 is 0. The van der Waals surface area contributed by atoms with Gasteiger partial charge in [0.1, 0.15) is 0 Å².